The van der Waals surface area contributed by atoms with E-state index in [-0.39, 0.29) is 24.1 Å². The lowest BCUT2D eigenvalue weighted by molar-refractivity contribution is -0.152. The van der Waals surface area contributed by atoms with E-state index in [0.29, 0.717) is 10.0 Å². The van der Waals surface area contributed by atoms with Crippen molar-refractivity contribution >= 4 is 33.7 Å². The largest absolute Gasteiger partial charge is 0.508 e. The van der Waals surface area contributed by atoms with Gasteiger partial charge in [-0.3, -0.25) is 24.6 Å². The molecule has 0 aromatic heterocycles. The van der Waals surface area contributed by atoms with Gasteiger partial charge in [-0.2, -0.15) is 0 Å². The van der Waals surface area contributed by atoms with Crippen LogP contribution in [0.5, 0.6) is 5.75 Å². The predicted octanol–water partition coefficient (Wildman–Crippen LogP) is 3.80. The number of aromatic hydroxyl groups is 1. The highest BCUT2D eigenvalue weighted by molar-refractivity contribution is 9.10. The van der Waals surface area contributed by atoms with Gasteiger partial charge in [0.25, 0.3) is 0 Å². The van der Waals surface area contributed by atoms with E-state index in [2.05, 4.69) is 21.2 Å². The summed E-state index contributed by atoms with van der Waals surface area (Å²) in [4.78, 5) is 42.0. The summed E-state index contributed by atoms with van der Waals surface area (Å²) in [6.45, 7) is 0. The molecule has 34 heavy (non-hydrogen) atoms. The molecule has 2 aliphatic heterocycles. The van der Waals surface area contributed by atoms with Crippen LogP contribution in [0.3, 0.4) is 0 Å². The quantitative estimate of drug-likeness (QED) is 0.511. The molecular weight excluding hydrogens is 500 g/mol. The van der Waals surface area contributed by atoms with E-state index in [0.717, 1.165) is 37.7 Å². The topological polar surface area (TPSA) is 107 Å². The molecular formula is C26H27BrN2O5. The normalized spacial score (nSPS) is 29.4. The lowest BCUT2D eigenvalue weighted by atomic mass is 9.76. The van der Waals surface area contributed by atoms with Gasteiger partial charge in [0.1, 0.15) is 11.3 Å². The highest BCUT2D eigenvalue weighted by Crippen LogP contribution is 2.52. The number of hydrogen-bond acceptors (Lipinski definition) is 5. The number of benzene rings is 2. The molecule has 5 rings (SSSR count). The number of halogens is 1. The number of carbonyl (C=O) groups is 3. The number of carboxylic acid groups (broad SMARTS) is 1. The first-order valence-corrected chi connectivity index (χ1v) is 12.5. The number of imide groups is 1. The maximum Gasteiger partial charge on any atom is 0.325 e. The first-order valence-electron chi connectivity index (χ1n) is 11.7. The van der Waals surface area contributed by atoms with Crippen LogP contribution in [0, 0.1) is 11.8 Å². The van der Waals surface area contributed by atoms with Gasteiger partial charge in [-0.1, -0.05) is 65.5 Å². The van der Waals surface area contributed by atoms with Crippen LogP contribution in [0.15, 0.2) is 53.0 Å². The summed E-state index contributed by atoms with van der Waals surface area (Å²) in [7, 11) is 0. The second-order valence-electron chi connectivity index (χ2n) is 9.61. The van der Waals surface area contributed by atoms with Crippen LogP contribution >= 0.6 is 15.9 Å². The molecule has 4 unspecified atom stereocenters. The maximum absolute atomic E-state index is 13.9. The van der Waals surface area contributed by atoms with Crippen molar-refractivity contribution in [1.82, 2.24) is 10.2 Å². The Kier molecular flexibility index (Phi) is 5.98. The molecule has 2 aromatic carbocycles. The number of nitrogens with one attached hydrogen (secondary N) is 1. The van der Waals surface area contributed by atoms with Crippen LogP contribution < -0.4 is 5.32 Å². The van der Waals surface area contributed by atoms with Crippen LogP contribution in [-0.4, -0.2) is 44.5 Å². The smallest absolute Gasteiger partial charge is 0.325 e. The molecule has 2 saturated heterocycles. The molecule has 2 aromatic rings. The summed E-state index contributed by atoms with van der Waals surface area (Å²) in [5, 5.41) is 24.4. The zero-order chi connectivity index (χ0) is 24.0. The van der Waals surface area contributed by atoms with Gasteiger partial charge in [-0.15, -0.1) is 0 Å². The van der Waals surface area contributed by atoms with Crippen molar-refractivity contribution in [3.8, 4) is 5.75 Å². The third kappa shape index (κ3) is 3.64. The first-order chi connectivity index (χ1) is 16.3. The van der Waals surface area contributed by atoms with Gasteiger partial charge in [0.05, 0.1) is 11.8 Å². The van der Waals surface area contributed by atoms with Crippen LogP contribution in [0.4, 0.5) is 0 Å². The van der Waals surface area contributed by atoms with E-state index < -0.39 is 35.3 Å². The van der Waals surface area contributed by atoms with Crippen molar-refractivity contribution < 1.29 is 24.6 Å². The Morgan fingerprint density at radius 3 is 2.44 bits per heavy atom. The molecule has 2 amide bonds. The fourth-order valence-corrected chi connectivity index (χ4v) is 6.50. The Labute approximate surface area is 206 Å². The number of carbonyl (C=O) groups excluding carboxylic acids is 2. The number of likely N-dealkylation sites (tertiary alicyclic amines) is 1. The summed E-state index contributed by atoms with van der Waals surface area (Å²) in [6, 6.07) is 13.0. The van der Waals surface area contributed by atoms with Crippen LogP contribution in [0.2, 0.25) is 0 Å². The molecule has 3 N–H and O–H groups in total. The average Bonchev–Trinajstić information content (AvgIpc) is 3.31. The maximum atomic E-state index is 13.9. The number of carboxylic acids is 1. The molecule has 1 aliphatic carbocycles. The molecule has 8 heteroatoms. The third-order valence-electron chi connectivity index (χ3n) is 7.66. The number of fused-ring (bicyclic) bond motifs is 1. The number of phenols is 1. The van der Waals surface area contributed by atoms with Crippen molar-refractivity contribution in [1.29, 1.82) is 0 Å². The summed E-state index contributed by atoms with van der Waals surface area (Å²) < 4.78 is 0.690. The van der Waals surface area contributed by atoms with E-state index in [4.69, 9.17) is 0 Å². The second-order valence-corrected chi connectivity index (χ2v) is 10.5. The lowest BCUT2D eigenvalue weighted by Gasteiger charge is -2.34. The Bertz CT molecular complexity index is 1130. The molecule has 4 atom stereocenters. The molecule has 0 spiro atoms. The van der Waals surface area contributed by atoms with Crippen LogP contribution in [0.25, 0.3) is 0 Å². The highest BCUT2D eigenvalue weighted by Gasteiger charge is 2.69. The van der Waals surface area contributed by atoms with Gasteiger partial charge in [-0.25, -0.2) is 0 Å². The van der Waals surface area contributed by atoms with Crippen molar-refractivity contribution in [3.63, 3.8) is 0 Å². The lowest BCUT2D eigenvalue weighted by Crippen LogP contribution is -2.58. The Morgan fingerprint density at radius 1 is 1.06 bits per heavy atom. The fraction of sp³-hybridized carbons (Fsp3) is 0.423. The average molecular weight is 527 g/mol. The number of amides is 2. The van der Waals surface area contributed by atoms with Crippen molar-refractivity contribution in [2.24, 2.45) is 11.8 Å². The van der Waals surface area contributed by atoms with Gasteiger partial charge in [0, 0.05) is 28.5 Å². The van der Waals surface area contributed by atoms with E-state index in [9.17, 15) is 24.6 Å². The Hall–Kier alpha value is -2.71. The summed E-state index contributed by atoms with van der Waals surface area (Å²) in [6.07, 6.45) is 4.50. The fourth-order valence-electron chi connectivity index (χ4n) is 6.12. The Balaban J connectivity index is 1.64. The molecule has 0 radical (unpaired) electrons. The van der Waals surface area contributed by atoms with E-state index >= 15 is 0 Å². The van der Waals surface area contributed by atoms with E-state index in [1.54, 1.807) is 12.1 Å². The SMILES string of the molecule is O=C1C2C(c3cc(Br)ccc3O)NC(Cc3ccccc3)(C(=O)O)C2C(=O)N1C1CCCCC1. The summed E-state index contributed by atoms with van der Waals surface area (Å²) >= 11 is 3.41. The van der Waals surface area contributed by atoms with Crippen LogP contribution in [-0.2, 0) is 20.8 Å². The molecule has 178 valence electrons. The number of rotatable bonds is 5. The minimum Gasteiger partial charge on any atom is -0.508 e. The molecule has 3 aliphatic rings. The van der Waals surface area contributed by atoms with Crippen LogP contribution in [0.1, 0.15) is 49.3 Å². The minimum absolute atomic E-state index is 0.0447. The van der Waals surface area contributed by atoms with Gasteiger partial charge in [0.2, 0.25) is 11.8 Å². The van der Waals surface area contributed by atoms with Crippen molar-refractivity contribution in [3.05, 3.63) is 64.1 Å². The molecule has 7 nitrogen and oxygen atoms in total. The summed E-state index contributed by atoms with van der Waals surface area (Å²) in [5.41, 5.74) is -0.513. The number of phenolic OH excluding ortho intramolecular Hbond substituents is 1. The molecule has 1 saturated carbocycles. The first kappa shape index (κ1) is 23.1. The highest BCUT2D eigenvalue weighted by atomic mass is 79.9. The van der Waals surface area contributed by atoms with Crippen molar-refractivity contribution in [2.75, 3.05) is 0 Å². The molecule has 3 fully saturated rings. The molecule has 2 heterocycles. The standard InChI is InChI=1S/C26H27BrN2O5/c27-16-11-12-19(30)18(13-16)22-20-21(24(32)29(23(20)31)17-9-5-2-6-10-17)26(28-22,25(33)34)14-15-7-3-1-4-8-15/h1,3-4,7-8,11-13,17,20-22,28,30H,2,5-6,9-10,14H2,(H,33,34). The van der Waals surface area contributed by atoms with Gasteiger partial charge < -0.3 is 10.2 Å². The third-order valence-corrected chi connectivity index (χ3v) is 8.15. The monoisotopic (exact) mass is 526 g/mol. The van der Waals surface area contributed by atoms with E-state index in [1.165, 1.54) is 11.0 Å². The zero-order valence-electron chi connectivity index (χ0n) is 18.6. The number of nitrogens with zero attached hydrogens (tertiary/aromatic N) is 1. The summed E-state index contributed by atoms with van der Waals surface area (Å²) in [5.74, 6) is -3.94. The second kappa shape index (κ2) is 8.82. The predicted molar refractivity (Wildman–Crippen MR) is 128 cm³/mol. The zero-order valence-corrected chi connectivity index (χ0v) is 20.2. The van der Waals surface area contributed by atoms with Gasteiger partial charge in [0.15, 0.2) is 0 Å². The number of hydrogen-bond donors (Lipinski definition) is 3. The minimum atomic E-state index is -1.68. The number of aliphatic carboxylic acids is 1. The van der Waals surface area contributed by atoms with E-state index in [1.807, 2.05) is 30.3 Å². The van der Waals surface area contributed by atoms with Gasteiger partial charge in [-0.05, 0) is 36.6 Å². The Morgan fingerprint density at radius 2 is 1.76 bits per heavy atom. The van der Waals surface area contributed by atoms with Gasteiger partial charge >= 0.3 is 5.97 Å². The van der Waals surface area contributed by atoms with Crippen molar-refractivity contribution in [2.45, 2.75) is 56.1 Å². The molecule has 0 bridgehead atoms.